The van der Waals surface area contributed by atoms with Gasteiger partial charge in [0, 0.05) is 17.0 Å². The molecule has 0 saturated carbocycles. The smallest absolute Gasteiger partial charge is 0.204 e. The van der Waals surface area contributed by atoms with Crippen LogP contribution in [0.1, 0.15) is 18.9 Å². The number of hydrogen-bond donors (Lipinski definition) is 1. The Hall–Kier alpha value is -1.33. The summed E-state index contributed by atoms with van der Waals surface area (Å²) in [5.74, 6) is 0.387. The molecular weight excluding hydrogens is 238 g/mol. The average molecular weight is 253 g/mol. The Balaban J connectivity index is 2.60. The van der Waals surface area contributed by atoms with Gasteiger partial charge < -0.3 is 10.5 Å². The first-order chi connectivity index (χ1) is 7.95. The highest BCUT2D eigenvalue weighted by Crippen LogP contribution is 2.40. The first-order valence-electron chi connectivity index (χ1n) is 5.34. The lowest BCUT2D eigenvalue weighted by Crippen LogP contribution is -2.14. The summed E-state index contributed by atoms with van der Waals surface area (Å²) in [5.41, 5.74) is 7.19. The summed E-state index contributed by atoms with van der Waals surface area (Å²) in [6, 6.07) is 5.15. The summed E-state index contributed by atoms with van der Waals surface area (Å²) in [4.78, 5) is 0.262. The molecule has 0 amide bonds. The van der Waals surface area contributed by atoms with E-state index in [1.54, 1.807) is 18.2 Å². The van der Waals surface area contributed by atoms with Crippen LogP contribution >= 0.6 is 0 Å². The van der Waals surface area contributed by atoms with Gasteiger partial charge in [-0.1, -0.05) is 12.1 Å². The van der Waals surface area contributed by atoms with E-state index in [0.717, 1.165) is 5.57 Å². The van der Waals surface area contributed by atoms with Crippen LogP contribution in [-0.2, 0) is 9.84 Å². The molecule has 0 saturated heterocycles. The largest absolute Gasteiger partial charge is 0.495 e. The number of hydrogen-bond acceptors (Lipinski definition) is 4. The molecule has 92 valence electrons. The number of benzene rings is 1. The van der Waals surface area contributed by atoms with E-state index in [1.165, 1.54) is 12.5 Å². The third-order valence-electron chi connectivity index (χ3n) is 2.67. The minimum Gasteiger partial charge on any atom is -0.495 e. The highest BCUT2D eigenvalue weighted by atomic mass is 32.2. The normalized spacial score (nSPS) is 18.4. The summed E-state index contributed by atoms with van der Waals surface area (Å²) in [5, 5.41) is 1.30. The molecule has 5 heteroatoms. The first kappa shape index (κ1) is 12.1. The van der Waals surface area contributed by atoms with Gasteiger partial charge in [0.15, 0.2) is 0 Å². The second-order valence-corrected chi connectivity index (χ2v) is 5.94. The van der Waals surface area contributed by atoms with Crippen LogP contribution in [0.4, 0.5) is 0 Å². The molecule has 1 aliphatic heterocycles. The van der Waals surface area contributed by atoms with Gasteiger partial charge in [-0.3, -0.25) is 0 Å². The summed E-state index contributed by atoms with van der Waals surface area (Å²) in [6.45, 7) is 1.85. The maximum Gasteiger partial charge on any atom is 0.204 e. The van der Waals surface area contributed by atoms with Crippen molar-refractivity contribution >= 4 is 15.4 Å². The Kier molecular flexibility index (Phi) is 2.97. The van der Waals surface area contributed by atoms with Crippen molar-refractivity contribution in [2.24, 2.45) is 5.73 Å². The van der Waals surface area contributed by atoms with E-state index in [0.29, 0.717) is 17.7 Å². The van der Waals surface area contributed by atoms with Crippen LogP contribution < -0.4 is 10.5 Å². The standard InChI is InChI=1S/C12H15NO3S/c1-8(13)6-9-7-17(14,15)12-10(9)4-3-5-11(12)16-2/h3-5,7-8H,6,13H2,1-2H3. The molecule has 0 aromatic heterocycles. The lowest BCUT2D eigenvalue weighted by molar-refractivity contribution is 0.403. The van der Waals surface area contributed by atoms with Crippen molar-refractivity contribution in [3.05, 3.63) is 29.2 Å². The fraction of sp³-hybridized carbons (Fsp3) is 0.333. The summed E-state index contributed by atoms with van der Waals surface area (Å²) < 4.78 is 29.2. The maximum atomic E-state index is 12.0. The van der Waals surface area contributed by atoms with Crippen molar-refractivity contribution in [2.75, 3.05) is 7.11 Å². The van der Waals surface area contributed by atoms with Crippen LogP contribution in [0.2, 0.25) is 0 Å². The van der Waals surface area contributed by atoms with Crippen LogP contribution in [0.25, 0.3) is 5.57 Å². The van der Waals surface area contributed by atoms with Crippen LogP contribution in [0.15, 0.2) is 28.5 Å². The van der Waals surface area contributed by atoms with E-state index >= 15 is 0 Å². The number of fused-ring (bicyclic) bond motifs is 1. The zero-order valence-electron chi connectivity index (χ0n) is 9.80. The fourth-order valence-electron chi connectivity index (χ4n) is 2.04. The van der Waals surface area contributed by atoms with E-state index in [1.807, 2.05) is 6.92 Å². The minimum absolute atomic E-state index is 0.0754. The Morgan fingerprint density at radius 2 is 2.12 bits per heavy atom. The molecule has 1 aromatic rings. The molecule has 1 atom stereocenters. The van der Waals surface area contributed by atoms with Crippen molar-refractivity contribution < 1.29 is 13.2 Å². The Morgan fingerprint density at radius 1 is 1.41 bits per heavy atom. The van der Waals surface area contributed by atoms with Crippen molar-refractivity contribution in [3.8, 4) is 5.75 Å². The van der Waals surface area contributed by atoms with E-state index in [2.05, 4.69) is 0 Å². The summed E-state index contributed by atoms with van der Waals surface area (Å²) in [6.07, 6.45) is 0.541. The van der Waals surface area contributed by atoms with Gasteiger partial charge in [-0.25, -0.2) is 8.42 Å². The van der Waals surface area contributed by atoms with Gasteiger partial charge >= 0.3 is 0 Å². The lowest BCUT2D eigenvalue weighted by Gasteiger charge is -2.09. The molecule has 0 aliphatic carbocycles. The lowest BCUT2D eigenvalue weighted by atomic mass is 10.0. The van der Waals surface area contributed by atoms with Crippen molar-refractivity contribution in [1.82, 2.24) is 0 Å². The van der Waals surface area contributed by atoms with Crippen LogP contribution in [0.3, 0.4) is 0 Å². The maximum absolute atomic E-state index is 12.0. The van der Waals surface area contributed by atoms with Gasteiger partial charge in [0.25, 0.3) is 0 Å². The second-order valence-electron chi connectivity index (χ2n) is 4.21. The van der Waals surface area contributed by atoms with Crippen LogP contribution in [0, 0.1) is 0 Å². The zero-order chi connectivity index (χ0) is 12.6. The summed E-state index contributed by atoms with van der Waals surface area (Å²) in [7, 11) is -1.92. The molecule has 0 spiro atoms. The number of rotatable bonds is 3. The number of ether oxygens (including phenoxy) is 1. The molecular formula is C12H15NO3S. The third-order valence-corrected chi connectivity index (χ3v) is 4.25. The molecule has 0 fully saturated rings. The molecule has 2 rings (SSSR count). The van der Waals surface area contributed by atoms with Crippen molar-refractivity contribution in [1.29, 1.82) is 0 Å². The van der Waals surface area contributed by atoms with E-state index in [4.69, 9.17) is 10.5 Å². The number of methoxy groups -OCH3 is 1. The monoisotopic (exact) mass is 253 g/mol. The SMILES string of the molecule is COc1cccc2c1S(=O)(=O)C=C2CC(C)N. The minimum atomic E-state index is -3.39. The van der Waals surface area contributed by atoms with Gasteiger partial charge in [0.05, 0.1) is 7.11 Å². The van der Waals surface area contributed by atoms with Crippen LogP contribution in [0.5, 0.6) is 5.75 Å². The predicted molar refractivity (Wildman–Crippen MR) is 66.4 cm³/mol. The second kappa shape index (κ2) is 4.16. The molecule has 1 aromatic carbocycles. The zero-order valence-corrected chi connectivity index (χ0v) is 10.6. The van der Waals surface area contributed by atoms with E-state index < -0.39 is 9.84 Å². The van der Waals surface area contributed by atoms with Crippen molar-refractivity contribution in [2.45, 2.75) is 24.3 Å². The first-order valence-corrected chi connectivity index (χ1v) is 6.89. The van der Waals surface area contributed by atoms with Gasteiger partial charge in [0.1, 0.15) is 10.6 Å². The highest BCUT2D eigenvalue weighted by molar-refractivity contribution is 7.95. The van der Waals surface area contributed by atoms with E-state index in [9.17, 15) is 8.42 Å². The third kappa shape index (κ3) is 2.08. The number of nitrogens with two attached hydrogens (primary N) is 1. The summed E-state index contributed by atoms with van der Waals surface area (Å²) >= 11 is 0. The van der Waals surface area contributed by atoms with Crippen molar-refractivity contribution in [3.63, 3.8) is 0 Å². The molecule has 2 N–H and O–H groups in total. The Bertz CT molecular complexity index is 573. The van der Waals surface area contributed by atoms with Gasteiger partial charge in [-0.2, -0.15) is 0 Å². The van der Waals surface area contributed by atoms with Crippen LogP contribution in [-0.4, -0.2) is 21.6 Å². The molecule has 4 nitrogen and oxygen atoms in total. The fourth-order valence-corrected chi connectivity index (χ4v) is 3.69. The molecule has 17 heavy (non-hydrogen) atoms. The highest BCUT2D eigenvalue weighted by Gasteiger charge is 2.30. The molecule has 1 heterocycles. The topological polar surface area (TPSA) is 69.4 Å². The number of sulfone groups is 1. The molecule has 1 aliphatic rings. The molecule has 0 radical (unpaired) electrons. The van der Waals surface area contributed by atoms with Gasteiger partial charge in [-0.15, -0.1) is 0 Å². The van der Waals surface area contributed by atoms with E-state index in [-0.39, 0.29) is 10.9 Å². The van der Waals surface area contributed by atoms with Gasteiger partial charge in [0.2, 0.25) is 9.84 Å². The quantitative estimate of drug-likeness (QED) is 0.887. The van der Waals surface area contributed by atoms with Gasteiger partial charge in [-0.05, 0) is 25.0 Å². The predicted octanol–water partition coefficient (Wildman–Crippen LogP) is 1.56. The Labute approximate surface area is 101 Å². The Morgan fingerprint density at radius 3 is 2.71 bits per heavy atom. The average Bonchev–Trinajstić information content (AvgIpc) is 2.50. The molecule has 0 bridgehead atoms. The molecule has 1 unspecified atom stereocenters.